The van der Waals surface area contributed by atoms with E-state index in [1.54, 1.807) is 50.2 Å². The van der Waals surface area contributed by atoms with Crippen LogP contribution in [0.15, 0.2) is 57.6 Å². The van der Waals surface area contributed by atoms with Crippen molar-refractivity contribution in [3.63, 3.8) is 0 Å². The molecule has 51 heavy (non-hydrogen) atoms. The van der Waals surface area contributed by atoms with Crippen molar-refractivity contribution in [2.75, 3.05) is 17.7 Å². The van der Waals surface area contributed by atoms with E-state index < -0.39 is 57.4 Å². The Kier molecular flexibility index (Phi) is 8.33. The molecule has 0 radical (unpaired) electrons. The SMILES string of the molecule is COC(=O)c1coc(-c2nc3oc2C24c5cc(ccc5O[C@@H]2N(S(C)(=O)=O)c2ccccc24)C[C@H](CC(=O)[C@@H](O)C(C)C)C(=O)N[C@H]3C(C)C)n1. The lowest BCUT2D eigenvalue weighted by Crippen LogP contribution is -2.48. The number of para-hydroxylation sites is 1. The van der Waals surface area contributed by atoms with Crippen LogP contribution < -0.4 is 14.4 Å². The third-order valence-electron chi connectivity index (χ3n) is 9.81. The smallest absolute Gasteiger partial charge is 0.360 e. The summed E-state index contributed by atoms with van der Waals surface area (Å²) >= 11 is 0. The number of rotatable bonds is 8. The van der Waals surface area contributed by atoms with Crippen molar-refractivity contribution in [2.24, 2.45) is 17.8 Å². The van der Waals surface area contributed by atoms with Gasteiger partial charge in [-0.1, -0.05) is 58.0 Å². The number of aliphatic hydroxyl groups is 1. The number of hydrogen-bond donors (Lipinski definition) is 2. The number of ether oxygens (including phenoxy) is 2. The molecule has 0 saturated carbocycles. The number of nitrogens with one attached hydrogen (secondary N) is 1. The molecule has 5 heterocycles. The Morgan fingerprint density at radius 1 is 1.12 bits per heavy atom. The zero-order chi connectivity index (χ0) is 36.6. The average Bonchev–Trinajstić information content (AvgIpc) is 3.85. The lowest BCUT2D eigenvalue weighted by atomic mass is 9.72. The molecule has 2 N–H and O–H groups in total. The molecule has 7 rings (SSSR count). The van der Waals surface area contributed by atoms with Gasteiger partial charge >= 0.3 is 5.97 Å². The summed E-state index contributed by atoms with van der Waals surface area (Å²) < 4.78 is 52.4. The molecule has 15 heteroatoms. The maximum Gasteiger partial charge on any atom is 0.360 e. The normalized spacial score (nSPS) is 22.8. The zero-order valence-electron chi connectivity index (χ0n) is 28.9. The molecule has 5 atom stereocenters. The highest BCUT2D eigenvalue weighted by Crippen LogP contribution is 2.62. The third-order valence-corrected chi connectivity index (χ3v) is 10.9. The number of methoxy groups -OCH3 is 1. The van der Waals surface area contributed by atoms with E-state index in [4.69, 9.17) is 23.3 Å². The van der Waals surface area contributed by atoms with E-state index in [0.717, 1.165) is 12.5 Å². The molecule has 0 saturated heterocycles. The van der Waals surface area contributed by atoms with Crippen LogP contribution in [-0.4, -0.2) is 66.8 Å². The first kappa shape index (κ1) is 34.4. The standard InChI is InChI=1S/C36H38N4O10S/c1-17(2)27-33-39-28(32-37-23(16-48-32)34(44)47-5)30(50-33)36-21-9-7-8-10-24(21)40(51(6,45)46)35(36)49-26-12-11-19(14-22(26)36)13-20(31(43)38-27)15-25(41)29(42)18(3)4/h7-12,14,16-18,20,27,29,35,42H,13,15H2,1-6H3,(H,38,43)/t20-,27+,29+,35+,36?/m1/s1. The van der Waals surface area contributed by atoms with Crippen molar-refractivity contribution in [2.45, 2.75) is 64.3 Å². The van der Waals surface area contributed by atoms with Crippen molar-refractivity contribution in [3.8, 4) is 17.3 Å². The molecule has 3 aliphatic heterocycles. The maximum absolute atomic E-state index is 14.1. The Bertz CT molecular complexity index is 2170. The number of esters is 1. The van der Waals surface area contributed by atoms with Crippen molar-refractivity contribution in [1.29, 1.82) is 0 Å². The molecular weight excluding hydrogens is 680 g/mol. The van der Waals surface area contributed by atoms with E-state index in [1.807, 2.05) is 19.9 Å². The number of carbonyl (C=O) groups is 3. The minimum atomic E-state index is -3.97. The minimum absolute atomic E-state index is 0.0575. The second kappa shape index (κ2) is 12.3. The molecule has 3 aliphatic rings. The van der Waals surface area contributed by atoms with Crippen LogP contribution in [0.3, 0.4) is 0 Å². The number of nitrogens with zero attached hydrogens (tertiary/aromatic N) is 3. The molecule has 0 fully saturated rings. The Morgan fingerprint density at radius 3 is 2.55 bits per heavy atom. The monoisotopic (exact) mass is 718 g/mol. The van der Waals surface area contributed by atoms with Gasteiger partial charge < -0.3 is 28.7 Å². The Balaban J connectivity index is 1.53. The van der Waals surface area contributed by atoms with Crippen LogP contribution in [-0.2, 0) is 36.2 Å². The lowest BCUT2D eigenvalue weighted by molar-refractivity contribution is -0.135. The quantitative estimate of drug-likeness (QED) is 0.250. The third kappa shape index (κ3) is 5.41. The summed E-state index contributed by atoms with van der Waals surface area (Å²) in [4.78, 5) is 49.0. The molecule has 4 aromatic rings. The van der Waals surface area contributed by atoms with Crippen LogP contribution in [0.4, 0.5) is 5.69 Å². The van der Waals surface area contributed by atoms with Gasteiger partial charge in [0.25, 0.3) is 0 Å². The number of amides is 1. The first-order valence-corrected chi connectivity index (χ1v) is 18.5. The van der Waals surface area contributed by atoms with Gasteiger partial charge in [-0.3, -0.25) is 9.59 Å². The second-order valence-electron chi connectivity index (χ2n) is 13.9. The lowest BCUT2D eigenvalue weighted by Gasteiger charge is -2.30. The van der Waals surface area contributed by atoms with E-state index in [2.05, 4.69) is 10.3 Å². The summed E-state index contributed by atoms with van der Waals surface area (Å²) in [6, 6.07) is 11.4. The number of sulfonamides is 1. The number of aliphatic hydroxyl groups excluding tert-OH is 1. The number of carbonyl (C=O) groups excluding carboxylic acids is 3. The van der Waals surface area contributed by atoms with Crippen LogP contribution in [0.25, 0.3) is 11.6 Å². The van der Waals surface area contributed by atoms with Gasteiger partial charge in [-0.25, -0.2) is 27.5 Å². The van der Waals surface area contributed by atoms with Gasteiger partial charge in [-0.05, 0) is 36.0 Å². The molecule has 14 nitrogen and oxygen atoms in total. The van der Waals surface area contributed by atoms with E-state index in [-0.39, 0.29) is 53.6 Å². The van der Waals surface area contributed by atoms with Crippen molar-refractivity contribution >= 4 is 33.4 Å². The molecule has 0 aliphatic carbocycles. The van der Waals surface area contributed by atoms with Gasteiger partial charge in [0, 0.05) is 23.5 Å². The maximum atomic E-state index is 14.1. The van der Waals surface area contributed by atoms with E-state index in [1.165, 1.54) is 11.4 Å². The second-order valence-corrected chi connectivity index (χ2v) is 15.8. The number of anilines is 1. The Morgan fingerprint density at radius 2 is 1.86 bits per heavy atom. The van der Waals surface area contributed by atoms with Crippen molar-refractivity contribution in [1.82, 2.24) is 15.3 Å². The van der Waals surface area contributed by atoms with Gasteiger partial charge in [-0.2, -0.15) is 0 Å². The largest absolute Gasteiger partial charge is 0.467 e. The highest BCUT2D eigenvalue weighted by atomic mass is 32.2. The molecular formula is C36H38N4O10S. The van der Waals surface area contributed by atoms with Crippen LogP contribution in [0, 0.1) is 17.8 Å². The van der Waals surface area contributed by atoms with Crippen LogP contribution in [0.1, 0.15) is 79.0 Å². The molecule has 1 amide bonds. The Labute approximate surface area is 294 Å². The molecule has 1 unspecified atom stereocenters. The Hall–Kier alpha value is -5.02. The highest BCUT2D eigenvalue weighted by Gasteiger charge is 2.65. The first-order chi connectivity index (χ1) is 24.2. The summed E-state index contributed by atoms with van der Waals surface area (Å²) in [6.07, 6.45) is -0.353. The predicted molar refractivity (Wildman–Crippen MR) is 181 cm³/mol. The van der Waals surface area contributed by atoms with Crippen LogP contribution >= 0.6 is 0 Å². The van der Waals surface area contributed by atoms with E-state index in [0.29, 0.717) is 28.1 Å². The van der Waals surface area contributed by atoms with E-state index in [9.17, 15) is 27.9 Å². The number of aromatic nitrogens is 2. The number of hydrogen-bond acceptors (Lipinski definition) is 12. The molecule has 4 bridgehead atoms. The summed E-state index contributed by atoms with van der Waals surface area (Å²) in [5, 5.41) is 13.6. The molecule has 1 spiro atoms. The molecule has 2 aromatic heterocycles. The summed E-state index contributed by atoms with van der Waals surface area (Å²) in [6.45, 7) is 7.18. The number of fused-ring (bicyclic) bond motifs is 4. The van der Waals surface area contributed by atoms with Gasteiger partial charge in [-0.15, -0.1) is 0 Å². The van der Waals surface area contributed by atoms with Gasteiger partial charge in [0.15, 0.2) is 22.9 Å². The zero-order valence-corrected chi connectivity index (χ0v) is 29.7. The molecule has 2 aromatic carbocycles. The highest BCUT2D eigenvalue weighted by molar-refractivity contribution is 7.92. The number of benzene rings is 2. The number of ketones is 1. The van der Waals surface area contributed by atoms with Crippen LogP contribution in [0.5, 0.6) is 5.75 Å². The topological polar surface area (TPSA) is 191 Å². The fourth-order valence-corrected chi connectivity index (χ4v) is 8.38. The number of Topliss-reactive ketones (excluding diaryl/α,β-unsaturated/α-hetero) is 1. The summed E-state index contributed by atoms with van der Waals surface area (Å²) in [5.74, 6) is -2.73. The fourth-order valence-electron chi connectivity index (χ4n) is 7.32. The van der Waals surface area contributed by atoms with Gasteiger partial charge in [0.05, 0.1) is 19.1 Å². The van der Waals surface area contributed by atoms with E-state index >= 15 is 0 Å². The molecule has 268 valence electrons. The number of oxazole rings is 2. The minimum Gasteiger partial charge on any atom is -0.467 e. The van der Waals surface area contributed by atoms with Gasteiger partial charge in [0.2, 0.25) is 33.9 Å². The van der Waals surface area contributed by atoms with Gasteiger partial charge in [0.1, 0.15) is 29.6 Å². The van der Waals surface area contributed by atoms with Crippen LogP contribution in [0.2, 0.25) is 0 Å². The summed E-state index contributed by atoms with van der Waals surface area (Å²) in [5.41, 5.74) is 0.523. The predicted octanol–water partition coefficient (Wildman–Crippen LogP) is 3.91. The fraction of sp³-hybridized carbons (Fsp3) is 0.417. The van der Waals surface area contributed by atoms with Crippen molar-refractivity contribution in [3.05, 3.63) is 82.8 Å². The van der Waals surface area contributed by atoms with Crippen molar-refractivity contribution < 1.29 is 46.2 Å². The first-order valence-electron chi connectivity index (χ1n) is 16.6. The summed E-state index contributed by atoms with van der Waals surface area (Å²) in [7, 11) is -2.76. The average molecular weight is 719 g/mol.